The number of hydrogen-bond donors (Lipinski definition) is 0. The van der Waals surface area contributed by atoms with Crippen molar-refractivity contribution in [2.24, 2.45) is 0 Å². The number of benzene rings is 1. The lowest BCUT2D eigenvalue weighted by molar-refractivity contribution is 0.0764. The van der Waals surface area contributed by atoms with Crippen LogP contribution in [0.25, 0.3) is 11.3 Å². The molecular formula is C21H28FN3O4. The summed E-state index contributed by atoms with van der Waals surface area (Å²) in [6, 6.07) is 4.33. The second-order valence-corrected chi connectivity index (χ2v) is 7.46. The van der Waals surface area contributed by atoms with Crippen LogP contribution in [-0.4, -0.2) is 63.5 Å². The van der Waals surface area contributed by atoms with Gasteiger partial charge in [0, 0.05) is 39.9 Å². The Balaban J connectivity index is 1.82. The summed E-state index contributed by atoms with van der Waals surface area (Å²) in [5, 5.41) is 4.07. The van der Waals surface area contributed by atoms with E-state index < -0.39 is 5.82 Å². The molecule has 0 spiro atoms. The van der Waals surface area contributed by atoms with Gasteiger partial charge in [0.15, 0.2) is 23.1 Å². The lowest BCUT2D eigenvalue weighted by Crippen LogP contribution is -2.30. The fraction of sp³-hybridized carbons (Fsp3) is 0.524. The summed E-state index contributed by atoms with van der Waals surface area (Å²) in [5.41, 5.74) is 0.878. The quantitative estimate of drug-likeness (QED) is 0.669. The van der Waals surface area contributed by atoms with E-state index >= 15 is 0 Å². The fourth-order valence-electron chi connectivity index (χ4n) is 3.50. The normalized spacial score (nSPS) is 16.1. The van der Waals surface area contributed by atoms with E-state index in [0.717, 1.165) is 32.3 Å². The summed E-state index contributed by atoms with van der Waals surface area (Å²) < 4.78 is 30.0. The van der Waals surface area contributed by atoms with Gasteiger partial charge in [-0.05, 0) is 43.9 Å². The van der Waals surface area contributed by atoms with E-state index in [9.17, 15) is 9.18 Å². The standard InChI is InChI=1S/C21H28FN3O4/c1-24(2)20-18(21(26)25(3)11-5-7-15-8-6-12-28-15)19(29-23-20)14-9-10-16(22)17(13-14)27-4/h9-10,13,15H,5-8,11-12H2,1-4H3. The summed E-state index contributed by atoms with van der Waals surface area (Å²) in [5.74, 6) is 0.124. The molecule has 3 rings (SSSR count). The van der Waals surface area contributed by atoms with Crippen molar-refractivity contribution < 1.29 is 23.2 Å². The van der Waals surface area contributed by atoms with E-state index in [2.05, 4.69) is 5.16 Å². The minimum atomic E-state index is -0.484. The van der Waals surface area contributed by atoms with Crippen molar-refractivity contribution >= 4 is 11.7 Å². The third-order valence-corrected chi connectivity index (χ3v) is 5.12. The molecular weight excluding hydrogens is 377 g/mol. The molecule has 1 aliphatic rings. The largest absolute Gasteiger partial charge is 0.494 e. The Morgan fingerprint density at radius 1 is 1.34 bits per heavy atom. The number of carbonyl (C=O) groups is 1. The van der Waals surface area contributed by atoms with Crippen molar-refractivity contribution in [3.05, 3.63) is 29.6 Å². The highest BCUT2D eigenvalue weighted by Crippen LogP contribution is 2.34. The zero-order valence-electron chi connectivity index (χ0n) is 17.4. The van der Waals surface area contributed by atoms with Crippen molar-refractivity contribution in [3.63, 3.8) is 0 Å². The maximum absolute atomic E-state index is 13.8. The first-order valence-electron chi connectivity index (χ1n) is 9.80. The SMILES string of the molecule is COc1cc(-c2onc(N(C)C)c2C(=O)N(C)CCCC2CCCO2)ccc1F. The van der Waals surface area contributed by atoms with E-state index in [-0.39, 0.29) is 11.7 Å². The van der Waals surface area contributed by atoms with Crippen LogP contribution in [0.1, 0.15) is 36.0 Å². The number of hydrogen-bond acceptors (Lipinski definition) is 6. The molecule has 0 bridgehead atoms. The van der Waals surface area contributed by atoms with Gasteiger partial charge in [-0.25, -0.2) is 4.39 Å². The van der Waals surface area contributed by atoms with Crippen LogP contribution in [0.2, 0.25) is 0 Å². The first-order valence-corrected chi connectivity index (χ1v) is 9.80. The average molecular weight is 405 g/mol. The van der Waals surface area contributed by atoms with Gasteiger partial charge in [-0.15, -0.1) is 0 Å². The molecule has 1 aliphatic heterocycles. The van der Waals surface area contributed by atoms with Gasteiger partial charge in [0.05, 0.1) is 13.2 Å². The molecule has 1 aromatic heterocycles. The number of aromatic nitrogens is 1. The minimum Gasteiger partial charge on any atom is -0.494 e. The van der Waals surface area contributed by atoms with E-state index in [1.165, 1.54) is 19.2 Å². The van der Waals surface area contributed by atoms with Gasteiger partial charge >= 0.3 is 0 Å². The number of ether oxygens (including phenoxy) is 2. The molecule has 7 nitrogen and oxygen atoms in total. The van der Waals surface area contributed by atoms with Crippen molar-refractivity contribution in [3.8, 4) is 17.1 Å². The van der Waals surface area contributed by atoms with Gasteiger partial charge in [0.25, 0.3) is 5.91 Å². The molecule has 1 amide bonds. The third kappa shape index (κ3) is 4.70. The van der Waals surface area contributed by atoms with Gasteiger partial charge in [-0.3, -0.25) is 4.79 Å². The van der Waals surface area contributed by atoms with Crippen LogP contribution in [0.4, 0.5) is 10.2 Å². The summed E-state index contributed by atoms with van der Waals surface area (Å²) in [7, 11) is 6.74. The Kier molecular flexibility index (Phi) is 6.74. The maximum atomic E-state index is 13.8. The average Bonchev–Trinajstić information content (AvgIpc) is 3.37. The number of amides is 1. The van der Waals surface area contributed by atoms with Crippen molar-refractivity contribution in [1.29, 1.82) is 0 Å². The van der Waals surface area contributed by atoms with Crippen molar-refractivity contribution in [2.45, 2.75) is 31.8 Å². The van der Waals surface area contributed by atoms with E-state index in [0.29, 0.717) is 35.4 Å². The Bertz CT molecular complexity index is 846. The van der Waals surface area contributed by atoms with Gasteiger partial charge in [0.1, 0.15) is 5.56 Å². The molecule has 2 aromatic rings. The molecule has 0 N–H and O–H groups in total. The summed E-state index contributed by atoms with van der Waals surface area (Å²) in [6.07, 6.45) is 4.29. The smallest absolute Gasteiger partial charge is 0.261 e. The van der Waals surface area contributed by atoms with Crippen molar-refractivity contribution in [2.75, 3.05) is 46.3 Å². The molecule has 8 heteroatoms. The molecule has 158 valence electrons. The molecule has 1 unspecified atom stereocenters. The highest BCUT2D eigenvalue weighted by atomic mass is 19.1. The zero-order chi connectivity index (χ0) is 21.0. The predicted octanol–water partition coefficient (Wildman–Crippen LogP) is 3.59. The van der Waals surface area contributed by atoms with Crippen LogP contribution < -0.4 is 9.64 Å². The van der Waals surface area contributed by atoms with E-state index in [4.69, 9.17) is 14.0 Å². The Hall–Kier alpha value is -2.61. The number of carbonyl (C=O) groups excluding carboxylic acids is 1. The lowest BCUT2D eigenvalue weighted by Gasteiger charge is -2.20. The molecule has 1 saturated heterocycles. The summed E-state index contributed by atoms with van der Waals surface area (Å²) in [4.78, 5) is 16.6. The minimum absolute atomic E-state index is 0.0774. The molecule has 2 heterocycles. The second-order valence-electron chi connectivity index (χ2n) is 7.46. The highest BCUT2D eigenvalue weighted by Gasteiger charge is 2.28. The number of methoxy groups -OCH3 is 1. The Morgan fingerprint density at radius 2 is 2.14 bits per heavy atom. The first-order chi connectivity index (χ1) is 13.9. The van der Waals surface area contributed by atoms with Crippen LogP contribution in [0.15, 0.2) is 22.7 Å². The van der Waals surface area contributed by atoms with Crippen LogP contribution in [0.3, 0.4) is 0 Å². The van der Waals surface area contributed by atoms with Gasteiger partial charge in [-0.1, -0.05) is 5.16 Å². The van der Waals surface area contributed by atoms with Crippen LogP contribution in [0, 0.1) is 5.82 Å². The lowest BCUT2D eigenvalue weighted by atomic mass is 10.1. The summed E-state index contributed by atoms with van der Waals surface area (Å²) >= 11 is 0. The zero-order valence-corrected chi connectivity index (χ0v) is 17.4. The topological polar surface area (TPSA) is 68.0 Å². The monoisotopic (exact) mass is 405 g/mol. The number of rotatable bonds is 8. The van der Waals surface area contributed by atoms with E-state index in [1.807, 2.05) is 0 Å². The predicted molar refractivity (Wildman–Crippen MR) is 108 cm³/mol. The number of halogens is 1. The molecule has 0 radical (unpaired) electrons. The molecule has 0 saturated carbocycles. The van der Waals surface area contributed by atoms with Crippen LogP contribution in [-0.2, 0) is 4.74 Å². The first kappa shape index (κ1) is 21.1. The van der Waals surface area contributed by atoms with Gasteiger partial charge in [0.2, 0.25) is 0 Å². The Labute approximate surface area is 170 Å². The van der Waals surface area contributed by atoms with Crippen molar-refractivity contribution in [1.82, 2.24) is 10.1 Å². The van der Waals surface area contributed by atoms with Crippen LogP contribution >= 0.6 is 0 Å². The van der Waals surface area contributed by atoms with Gasteiger partial charge in [-0.2, -0.15) is 0 Å². The molecule has 29 heavy (non-hydrogen) atoms. The highest BCUT2D eigenvalue weighted by molar-refractivity contribution is 6.04. The third-order valence-electron chi connectivity index (χ3n) is 5.12. The maximum Gasteiger partial charge on any atom is 0.261 e. The number of anilines is 1. The fourth-order valence-corrected chi connectivity index (χ4v) is 3.50. The molecule has 1 atom stereocenters. The van der Waals surface area contributed by atoms with Crippen LogP contribution in [0.5, 0.6) is 5.75 Å². The molecule has 1 fully saturated rings. The Morgan fingerprint density at radius 3 is 2.79 bits per heavy atom. The second kappa shape index (κ2) is 9.26. The van der Waals surface area contributed by atoms with Gasteiger partial charge < -0.3 is 23.8 Å². The number of nitrogens with zero attached hydrogens (tertiary/aromatic N) is 3. The molecule has 1 aromatic carbocycles. The summed E-state index contributed by atoms with van der Waals surface area (Å²) in [6.45, 7) is 1.43. The molecule has 0 aliphatic carbocycles. The van der Waals surface area contributed by atoms with E-state index in [1.54, 1.807) is 37.0 Å².